The Morgan fingerprint density at radius 3 is 2.57 bits per heavy atom. The van der Waals surface area contributed by atoms with Gasteiger partial charge in [-0.2, -0.15) is 0 Å². The summed E-state index contributed by atoms with van der Waals surface area (Å²) in [4.78, 5) is 2.80. The smallest absolute Gasteiger partial charge is 0.00953 e. The normalized spacial score (nSPS) is 31.1. The van der Waals surface area contributed by atoms with E-state index in [1.807, 2.05) is 0 Å². The van der Waals surface area contributed by atoms with Crippen LogP contribution in [0.4, 0.5) is 0 Å². The third-order valence-electron chi connectivity index (χ3n) is 4.09. The van der Waals surface area contributed by atoms with Gasteiger partial charge in [0, 0.05) is 12.6 Å². The average molecular weight is 195 g/mol. The summed E-state index contributed by atoms with van der Waals surface area (Å²) < 4.78 is 0. The summed E-state index contributed by atoms with van der Waals surface area (Å²) >= 11 is 0. The van der Waals surface area contributed by atoms with E-state index in [0.717, 1.165) is 12.0 Å². The number of piperidine rings is 1. The van der Waals surface area contributed by atoms with Crippen LogP contribution in [0, 0.1) is 5.92 Å². The molecule has 1 aliphatic carbocycles. The van der Waals surface area contributed by atoms with E-state index in [1.54, 1.807) is 0 Å². The minimum atomic E-state index is 0.967. The van der Waals surface area contributed by atoms with E-state index >= 15 is 0 Å². The molecule has 2 aliphatic rings. The van der Waals surface area contributed by atoms with Crippen molar-refractivity contribution < 1.29 is 0 Å². The van der Waals surface area contributed by atoms with Crippen LogP contribution >= 0.6 is 0 Å². The first-order valence-corrected chi connectivity index (χ1v) is 6.64. The van der Waals surface area contributed by atoms with Gasteiger partial charge >= 0.3 is 0 Å². The van der Waals surface area contributed by atoms with Crippen molar-refractivity contribution in [3.05, 3.63) is 0 Å². The maximum atomic E-state index is 2.80. The Hall–Kier alpha value is -0.0400. The molecule has 0 aromatic rings. The molecule has 2 rings (SSSR count). The van der Waals surface area contributed by atoms with E-state index in [0.29, 0.717) is 0 Å². The zero-order valence-electron chi connectivity index (χ0n) is 9.67. The fourth-order valence-corrected chi connectivity index (χ4v) is 3.34. The van der Waals surface area contributed by atoms with Crippen LogP contribution in [0.2, 0.25) is 0 Å². The summed E-state index contributed by atoms with van der Waals surface area (Å²) in [5.41, 5.74) is 0. The number of rotatable bonds is 3. The van der Waals surface area contributed by atoms with Gasteiger partial charge < -0.3 is 4.90 Å². The Morgan fingerprint density at radius 1 is 1.07 bits per heavy atom. The minimum Gasteiger partial charge on any atom is -0.300 e. The molecule has 0 aromatic heterocycles. The molecule has 1 nitrogen and oxygen atoms in total. The second kappa shape index (κ2) is 5.16. The van der Waals surface area contributed by atoms with Crippen LogP contribution in [0.5, 0.6) is 0 Å². The zero-order chi connectivity index (χ0) is 9.80. The van der Waals surface area contributed by atoms with Crippen LogP contribution in [0.1, 0.15) is 58.3 Å². The summed E-state index contributed by atoms with van der Waals surface area (Å²) in [6.07, 6.45) is 11.7. The summed E-state index contributed by atoms with van der Waals surface area (Å²) in [5.74, 6) is 1.02. The van der Waals surface area contributed by atoms with Gasteiger partial charge in [-0.05, 0) is 44.6 Å². The lowest BCUT2D eigenvalue weighted by atomic mass is 9.92. The van der Waals surface area contributed by atoms with Crippen molar-refractivity contribution in [3.63, 3.8) is 0 Å². The van der Waals surface area contributed by atoms with E-state index in [9.17, 15) is 0 Å². The molecular weight excluding hydrogens is 170 g/mol. The molecule has 1 saturated carbocycles. The van der Waals surface area contributed by atoms with Gasteiger partial charge in [-0.3, -0.25) is 0 Å². The third kappa shape index (κ3) is 2.50. The first-order valence-electron chi connectivity index (χ1n) is 6.64. The molecule has 1 saturated heterocycles. The number of hydrogen-bond acceptors (Lipinski definition) is 1. The Bertz CT molecular complexity index is 159. The SMILES string of the molecule is CCCC1CCCN(C2CCCC2)C1. The summed E-state index contributed by atoms with van der Waals surface area (Å²) in [5, 5.41) is 0. The Kier molecular flexibility index (Phi) is 3.86. The molecule has 1 unspecified atom stereocenters. The predicted octanol–water partition coefficient (Wildman–Crippen LogP) is 3.44. The van der Waals surface area contributed by atoms with Crippen molar-refractivity contribution in [1.82, 2.24) is 4.90 Å². The molecule has 0 bridgehead atoms. The molecule has 1 aliphatic heterocycles. The maximum absolute atomic E-state index is 2.80. The first-order chi connectivity index (χ1) is 6.90. The molecule has 0 spiro atoms. The fourth-order valence-electron chi connectivity index (χ4n) is 3.34. The topological polar surface area (TPSA) is 3.24 Å². The minimum absolute atomic E-state index is 0.967. The summed E-state index contributed by atoms with van der Waals surface area (Å²) in [7, 11) is 0. The van der Waals surface area contributed by atoms with Crippen molar-refractivity contribution >= 4 is 0 Å². The molecule has 1 heteroatoms. The van der Waals surface area contributed by atoms with E-state index < -0.39 is 0 Å². The number of nitrogens with zero attached hydrogens (tertiary/aromatic N) is 1. The van der Waals surface area contributed by atoms with Gasteiger partial charge in [0.2, 0.25) is 0 Å². The molecule has 0 radical (unpaired) electrons. The van der Waals surface area contributed by atoms with Crippen LogP contribution in [0.3, 0.4) is 0 Å². The lowest BCUT2D eigenvalue weighted by molar-refractivity contribution is 0.120. The van der Waals surface area contributed by atoms with Crippen molar-refractivity contribution in [3.8, 4) is 0 Å². The van der Waals surface area contributed by atoms with Crippen molar-refractivity contribution in [2.75, 3.05) is 13.1 Å². The highest BCUT2D eigenvalue weighted by molar-refractivity contribution is 4.82. The molecule has 14 heavy (non-hydrogen) atoms. The summed E-state index contributed by atoms with van der Waals surface area (Å²) in [6, 6.07) is 0.967. The molecule has 0 amide bonds. The van der Waals surface area contributed by atoms with Crippen LogP contribution in [0.25, 0.3) is 0 Å². The highest BCUT2D eigenvalue weighted by Crippen LogP contribution is 2.29. The summed E-state index contributed by atoms with van der Waals surface area (Å²) in [6.45, 7) is 5.14. The van der Waals surface area contributed by atoms with Crippen molar-refractivity contribution in [1.29, 1.82) is 0 Å². The Balaban J connectivity index is 1.80. The predicted molar refractivity (Wildman–Crippen MR) is 61.5 cm³/mol. The fraction of sp³-hybridized carbons (Fsp3) is 1.00. The van der Waals surface area contributed by atoms with Crippen molar-refractivity contribution in [2.45, 2.75) is 64.3 Å². The quantitative estimate of drug-likeness (QED) is 0.667. The van der Waals surface area contributed by atoms with Gasteiger partial charge in [-0.1, -0.05) is 26.2 Å². The lowest BCUT2D eigenvalue weighted by Crippen LogP contribution is -2.41. The lowest BCUT2D eigenvalue weighted by Gasteiger charge is -2.36. The van der Waals surface area contributed by atoms with Gasteiger partial charge in [-0.25, -0.2) is 0 Å². The standard InChI is InChI=1S/C13H25N/c1-2-6-12-7-5-10-14(11-12)13-8-3-4-9-13/h12-13H,2-11H2,1H3. The van der Waals surface area contributed by atoms with E-state index in [4.69, 9.17) is 0 Å². The van der Waals surface area contributed by atoms with Crippen LogP contribution in [-0.2, 0) is 0 Å². The number of hydrogen-bond donors (Lipinski definition) is 0. The van der Waals surface area contributed by atoms with Gasteiger partial charge in [0.25, 0.3) is 0 Å². The van der Waals surface area contributed by atoms with Crippen LogP contribution in [-0.4, -0.2) is 24.0 Å². The third-order valence-corrected chi connectivity index (χ3v) is 4.09. The largest absolute Gasteiger partial charge is 0.300 e. The van der Waals surface area contributed by atoms with Gasteiger partial charge in [0.15, 0.2) is 0 Å². The second-order valence-electron chi connectivity index (χ2n) is 5.23. The molecular formula is C13H25N. The van der Waals surface area contributed by atoms with E-state index in [-0.39, 0.29) is 0 Å². The van der Waals surface area contributed by atoms with Gasteiger partial charge in [0.1, 0.15) is 0 Å². The van der Waals surface area contributed by atoms with Gasteiger partial charge in [-0.15, -0.1) is 0 Å². The monoisotopic (exact) mass is 195 g/mol. The number of likely N-dealkylation sites (tertiary alicyclic amines) is 1. The highest BCUT2D eigenvalue weighted by atomic mass is 15.2. The highest BCUT2D eigenvalue weighted by Gasteiger charge is 2.27. The second-order valence-corrected chi connectivity index (χ2v) is 5.23. The molecule has 82 valence electrons. The maximum Gasteiger partial charge on any atom is 0.00953 e. The molecule has 0 N–H and O–H groups in total. The Labute approximate surface area is 88.9 Å². The van der Waals surface area contributed by atoms with Crippen molar-refractivity contribution in [2.24, 2.45) is 5.92 Å². The Morgan fingerprint density at radius 2 is 1.86 bits per heavy atom. The zero-order valence-corrected chi connectivity index (χ0v) is 9.67. The molecule has 1 atom stereocenters. The first kappa shape index (κ1) is 10.5. The molecule has 2 fully saturated rings. The van der Waals surface area contributed by atoms with Crippen LogP contribution < -0.4 is 0 Å². The molecule has 1 heterocycles. The molecule has 0 aromatic carbocycles. The van der Waals surface area contributed by atoms with E-state index in [2.05, 4.69) is 11.8 Å². The van der Waals surface area contributed by atoms with E-state index in [1.165, 1.54) is 64.5 Å². The van der Waals surface area contributed by atoms with Crippen LogP contribution in [0.15, 0.2) is 0 Å². The van der Waals surface area contributed by atoms with Gasteiger partial charge in [0.05, 0.1) is 0 Å². The average Bonchev–Trinajstić information content (AvgIpc) is 2.71.